The van der Waals surface area contributed by atoms with Crippen molar-refractivity contribution < 1.29 is 4.74 Å². The minimum absolute atomic E-state index is 0.365. The average Bonchev–Trinajstić information content (AvgIpc) is 2.52. The van der Waals surface area contributed by atoms with Gasteiger partial charge in [-0.1, -0.05) is 18.6 Å². The number of hydrogen-bond acceptors (Lipinski definition) is 4. The number of methoxy groups -OCH3 is 1. The summed E-state index contributed by atoms with van der Waals surface area (Å²) in [5.41, 5.74) is 1.29. The molecule has 2 atom stereocenters. The fourth-order valence-corrected chi connectivity index (χ4v) is 2.94. The Morgan fingerprint density at radius 1 is 1.38 bits per heavy atom. The zero-order chi connectivity index (χ0) is 15.1. The van der Waals surface area contributed by atoms with Crippen LogP contribution in [0.4, 0.5) is 0 Å². The van der Waals surface area contributed by atoms with E-state index in [1.54, 1.807) is 7.11 Å². The number of benzene rings is 1. The third-order valence-corrected chi connectivity index (χ3v) is 4.24. The lowest BCUT2D eigenvalue weighted by Gasteiger charge is -2.28. The fourth-order valence-electron chi connectivity index (χ4n) is 2.94. The van der Waals surface area contributed by atoms with Crippen LogP contribution in [0, 0.1) is 0 Å². The Balaban J connectivity index is 1.89. The van der Waals surface area contributed by atoms with E-state index < -0.39 is 0 Å². The van der Waals surface area contributed by atoms with Gasteiger partial charge in [0.05, 0.1) is 7.11 Å². The highest BCUT2D eigenvalue weighted by molar-refractivity contribution is 5.30. The monoisotopic (exact) mass is 291 g/mol. The molecule has 2 unspecified atom stereocenters. The lowest BCUT2D eigenvalue weighted by molar-refractivity contribution is 0.280. The molecule has 1 saturated heterocycles. The van der Waals surface area contributed by atoms with E-state index in [9.17, 15) is 0 Å². The maximum absolute atomic E-state index is 5.34. The maximum atomic E-state index is 5.34. The number of likely N-dealkylation sites (N-methyl/N-ethyl adjacent to an activating group) is 1. The van der Waals surface area contributed by atoms with Crippen LogP contribution in [-0.2, 0) is 0 Å². The van der Waals surface area contributed by atoms with Gasteiger partial charge in [0.15, 0.2) is 0 Å². The van der Waals surface area contributed by atoms with E-state index in [0.717, 1.165) is 18.8 Å². The lowest BCUT2D eigenvalue weighted by Crippen LogP contribution is -2.43. The standard InChI is InChI=1S/C17H29N3O/c1-20(2)17(14-7-6-9-16(11-14)21-3)13-18-12-15-8-4-5-10-19-15/h6-7,9,11,15,17-19H,4-5,8,10,12-13H2,1-3H3. The predicted molar refractivity (Wildman–Crippen MR) is 87.9 cm³/mol. The van der Waals surface area contributed by atoms with Crippen LogP contribution in [0.2, 0.25) is 0 Å². The van der Waals surface area contributed by atoms with Crippen molar-refractivity contribution in [1.82, 2.24) is 15.5 Å². The Kier molecular flexibility index (Phi) is 6.49. The van der Waals surface area contributed by atoms with Crippen LogP contribution in [0.25, 0.3) is 0 Å². The van der Waals surface area contributed by atoms with Crippen LogP contribution in [0.15, 0.2) is 24.3 Å². The summed E-state index contributed by atoms with van der Waals surface area (Å²) in [4.78, 5) is 2.26. The second-order valence-corrected chi connectivity index (χ2v) is 6.06. The van der Waals surface area contributed by atoms with Crippen molar-refractivity contribution in [3.05, 3.63) is 29.8 Å². The first-order valence-electron chi connectivity index (χ1n) is 7.95. The summed E-state index contributed by atoms with van der Waals surface area (Å²) in [7, 11) is 5.98. The molecule has 1 aliphatic heterocycles. The summed E-state index contributed by atoms with van der Waals surface area (Å²) in [5, 5.41) is 7.21. The van der Waals surface area contributed by atoms with Gasteiger partial charge in [0.2, 0.25) is 0 Å². The predicted octanol–water partition coefficient (Wildman–Crippen LogP) is 2.03. The lowest BCUT2D eigenvalue weighted by atomic mass is 10.0. The Hall–Kier alpha value is -1.10. The van der Waals surface area contributed by atoms with Gasteiger partial charge in [-0.2, -0.15) is 0 Å². The molecule has 1 aromatic rings. The van der Waals surface area contributed by atoms with Crippen molar-refractivity contribution in [1.29, 1.82) is 0 Å². The second kappa shape index (κ2) is 8.37. The van der Waals surface area contributed by atoms with E-state index in [2.05, 4.69) is 47.8 Å². The van der Waals surface area contributed by atoms with Gasteiger partial charge in [0.25, 0.3) is 0 Å². The Bertz CT molecular complexity index is 416. The zero-order valence-electron chi connectivity index (χ0n) is 13.6. The smallest absolute Gasteiger partial charge is 0.119 e. The van der Waals surface area contributed by atoms with Crippen LogP contribution in [-0.4, -0.2) is 51.8 Å². The van der Waals surface area contributed by atoms with E-state index >= 15 is 0 Å². The summed E-state index contributed by atoms with van der Waals surface area (Å²) in [6.07, 6.45) is 3.96. The highest BCUT2D eigenvalue weighted by atomic mass is 16.5. The largest absolute Gasteiger partial charge is 0.497 e. The molecule has 0 spiro atoms. The quantitative estimate of drug-likeness (QED) is 0.806. The summed E-state index contributed by atoms with van der Waals surface area (Å²) >= 11 is 0. The summed E-state index contributed by atoms with van der Waals surface area (Å²) in [6.45, 7) is 3.17. The van der Waals surface area contributed by atoms with Crippen LogP contribution in [0.1, 0.15) is 30.9 Å². The molecule has 2 N–H and O–H groups in total. The van der Waals surface area contributed by atoms with Crippen molar-refractivity contribution in [3.8, 4) is 5.75 Å². The minimum Gasteiger partial charge on any atom is -0.497 e. The van der Waals surface area contributed by atoms with Gasteiger partial charge in [-0.05, 0) is 51.2 Å². The number of ether oxygens (including phenoxy) is 1. The highest BCUT2D eigenvalue weighted by Crippen LogP contribution is 2.22. The van der Waals surface area contributed by atoms with Crippen molar-refractivity contribution in [3.63, 3.8) is 0 Å². The molecule has 0 saturated carbocycles. The van der Waals surface area contributed by atoms with Crippen molar-refractivity contribution >= 4 is 0 Å². The molecule has 0 bridgehead atoms. The van der Waals surface area contributed by atoms with Crippen LogP contribution in [0.3, 0.4) is 0 Å². The topological polar surface area (TPSA) is 36.5 Å². The normalized spacial score (nSPS) is 20.5. The van der Waals surface area contributed by atoms with E-state index in [0.29, 0.717) is 12.1 Å². The molecule has 0 aromatic heterocycles. The maximum Gasteiger partial charge on any atom is 0.119 e. The molecule has 118 valence electrons. The summed E-state index contributed by atoms with van der Waals surface area (Å²) in [5.74, 6) is 0.924. The van der Waals surface area contributed by atoms with Crippen molar-refractivity contribution in [2.75, 3.05) is 40.8 Å². The van der Waals surface area contributed by atoms with Gasteiger partial charge < -0.3 is 20.3 Å². The molecule has 0 amide bonds. The molecule has 0 aliphatic carbocycles. The van der Waals surface area contributed by atoms with Gasteiger partial charge in [-0.3, -0.25) is 0 Å². The first-order chi connectivity index (χ1) is 10.2. The van der Waals surface area contributed by atoms with Crippen LogP contribution < -0.4 is 15.4 Å². The zero-order valence-corrected chi connectivity index (χ0v) is 13.6. The van der Waals surface area contributed by atoms with E-state index in [1.807, 2.05) is 6.07 Å². The van der Waals surface area contributed by atoms with Crippen LogP contribution in [0.5, 0.6) is 5.75 Å². The van der Waals surface area contributed by atoms with Crippen LogP contribution >= 0.6 is 0 Å². The third kappa shape index (κ3) is 4.99. The molecule has 4 nitrogen and oxygen atoms in total. The van der Waals surface area contributed by atoms with E-state index in [-0.39, 0.29) is 0 Å². The Labute approximate surface area is 128 Å². The molecule has 0 radical (unpaired) electrons. The van der Waals surface area contributed by atoms with E-state index in [4.69, 9.17) is 4.74 Å². The average molecular weight is 291 g/mol. The Morgan fingerprint density at radius 2 is 2.24 bits per heavy atom. The van der Waals surface area contributed by atoms with Gasteiger partial charge in [0.1, 0.15) is 5.75 Å². The number of hydrogen-bond donors (Lipinski definition) is 2. The van der Waals surface area contributed by atoms with Crippen molar-refractivity contribution in [2.24, 2.45) is 0 Å². The van der Waals surface area contributed by atoms with Gasteiger partial charge in [-0.15, -0.1) is 0 Å². The first kappa shape index (κ1) is 16.3. The summed E-state index contributed by atoms with van der Waals surface area (Å²) < 4.78 is 5.34. The van der Waals surface area contributed by atoms with Gasteiger partial charge in [0, 0.05) is 25.2 Å². The minimum atomic E-state index is 0.365. The Morgan fingerprint density at radius 3 is 2.90 bits per heavy atom. The number of nitrogens with one attached hydrogen (secondary N) is 2. The van der Waals surface area contributed by atoms with Gasteiger partial charge in [-0.25, -0.2) is 0 Å². The van der Waals surface area contributed by atoms with Gasteiger partial charge >= 0.3 is 0 Å². The molecular weight excluding hydrogens is 262 g/mol. The molecule has 4 heteroatoms. The molecule has 1 fully saturated rings. The molecular formula is C17H29N3O. The number of nitrogens with zero attached hydrogens (tertiary/aromatic N) is 1. The second-order valence-electron chi connectivity index (χ2n) is 6.06. The van der Waals surface area contributed by atoms with Crippen molar-refractivity contribution in [2.45, 2.75) is 31.3 Å². The van der Waals surface area contributed by atoms with E-state index in [1.165, 1.54) is 31.4 Å². The molecule has 21 heavy (non-hydrogen) atoms. The molecule has 2 rings (SSSR count). The fraction of sp³-hybridized carbons (Fsp3) is 0.647. The number of rotatable bonds is 7. The highest BCUT2D eigenvalue weighted by Gasteiger charge is 2.16. The molecule has 1 heterocycles. The molecule has 1 aromatic carbocycles. The SMILES string of the molecule is COc1cccc(C(CNCC2CCCCN2)N(C)C)c1. The third-order valence-electron chi connectivity index (χ3n) is 4.24. The first-order valence-corrected chi connectivity index (χ1v) is 7.95. The number of piperidine rings is 1. The molecule has 1 aliphatic rings. The summed E-state index contributed by atoms with van der Waals surface area (Å²) in [6, 6.07) is 9.36.